The molecular weight excluding hydrogens is 376 g/mol. The van der Waals surface area contributed by atoms with Gasteiger partial charge in [-0.3, -0.25) is 4.79 Å². The normalized spacial score (nSPS) is 21.9. The maximum atomic E-state index is 13.3. The van der Waals surface area contributed by atoms with E-state index in [9.17, 15) is 13.2 Å². The summed E-state index contributed by atoms with van der Waals surface area (Å²) in [4.78, 5) is 14.6. The second-order valence-electron chi connectivity index (χ2n) is 8.92. The molecule has 28 heavy (non-hydrogen) atoms. The number of carbonyl (C=O) groups is 1. The lowest BCUT2D eigenvalue weighted by Gasteiger charge is -2.35. The van der Waals surface area contributed by atoms with Crippen LogP contribution < -0.4 is 0 Å². The minimum atomic E-state index is -3.59. The first-order valence-corrected chi connectivity index (χ1v) is 11.5. The number of benzene rings is 1. The second kappa shape index (κ2) is 7.76. The molecule has 0 bridgehead atoms. The predicted octanol–water partition coefficient (Wildman–Crippen LogP) is 2.61. The van der Waals surface area contributed by atoms with Gasteiger partial charge in [0, 0.05) is 32.8 Å². The van der Waals surface area contributed by atoms with Crippen LogP contribution in [0.1, 0.15) is 50.3 Å². The lowest BCUT2D eigenvalue weighted by molar-refractivity contribution is -0.142. The van der Waals surface area contributed by atoms with Crippen LogP contribution in [0.15, 0.2) is 17.0 Å². The zero-order chi connectivity index (χ0) is 20.7. The molecule has 2 aliphatic rings. The number of sulfonamides is 1. The molecular formula is C21H32N2O4S. The van der Waals surface area contributed by atoms with Crippen molar-refractivity contribution in [3.05, 3.63) is 28.8 Å². The Morgan fingerprint density at radius 1 is 1.07 bits per heavy atom. The molecule has 1 amide bonds. The van der Waals surface area contributed by atoms with Gasteiger partial charge < -0.3 is 9.64 Å². The van der Waals surface area contributed by atoms with Crippen LogP contribution in [0.3, 0.4) is 0 Å². The highest BCUT2D eigenvalue weighted by Crippen LogP contribution is 2.31. The molecule has 0 N–H and O–H groups in total. The number of aryl methyl sites for hydroxylation is 2. The SMILES string of the molecule is Cc1cc(C(C)(C)C)cc(C)c1S(=O)(=O)N1CCN(C(=O)[C@@H]2CCCO2)CC1. The van der Waals surface area contributed by atoms with E-state index in [1.807, 2.05) is 26.0 Å². The van der Waals surface area contributed by atoms with Gasteiger partial charge in [-0.25, -0.2) is 8.42 Å². The van der Waals surface area contributed by atoms with E-state index in [0.717, 1.165) is 29.5 Å². The highest BCUT2D eigenvalue weighted by Gasteiger charge is 2.35. The Morgan fingerprint density at radius 2 is 1.64 bits per heavy atom. The number of nitrogens with zero attached hydrogens (tertiary/aromatic N) is 2. The lowest BCUT2D eigenvalue weighted by Crippen LogP contribution is -2.52. The van der Waals surface area contributed by atoms with Gasteiger partial charge in [-0.05, 0) is 48.8 Å². The largest absolute Gasteiger partial charge is 0.368 e. The summed E-state index contributed by atoms with van der Waals surface area (Å²) in [5, 5.41) is 0. The monoisotopic (exact) mass is 408 g/mol. The van der Waals surface area contributed by atoms with Crippen LogP contribution >= 0.6 is 0 Å². The zero-order valence-electron chi connectivity index (χ0n) is 17.6. The van der Waals surface area contributed by atoms with Gasteiger partial charge in [-0.15, -0.1) is 0 Å². The Balaban J connectivity index is 1.76. The van der Waals surface area contributed by atoms with Crippen molar-refractivity contribution in [2.24, 2.45) is 0 Å². The lowest BCUT2D eigenvalue weighted by atomic mass is 9.85. The van der Waals surface area contributed by atoms with Crippen LogP contribution in [0.2, 0.25) is 0 Å². The van der Waals surface area contributed by atoms with Gasteiger partial charge in [0.15, 0.2) is 0 Å². The van der Waals surface area contributed by atoms with Gasteiger partial charge in [0.2, 0.25) is 10.0 Å². The molecule has 0 unspecified atom stereocenters. The fraction of sp³-hybridized carbons (Fsp3) is 0.667. The van der Waals surface area contributed by atoms with Gasteiger partial charge in [0.1, 0.15) is 6.10 Å². The molecule has 7 heteroatoms. The van der Waals surface area contributed by atoms with E-state index < -0.39 is 10.0 Å². The summed E-state index contributed by atoms with van der Waals surface area (Å²) in [5.41, 5.74) is 2.66. The molecule has 3 rings (SSSR count). The zero-order valence-corrected chi connectivity index (χ0v) is 18.4. The summed E-state index contributed by atoms with van der Waals surface area (Å²) >= 11 is 0. The standard InChI is InChI=1S/C21H32N2O4S/c1-15-13-17(21(3,4)5)14-16(2)19(15)28(25,26)23-10-8-22(9-11-23)20(24)18-7-6-12-27-18/h13-14,18H,6-12H2,1-5H3/t18-/m0/s1. The molecule has 0 aromatic heterocycles. The van der Waals surface area contributed by atoms with E-state index in [0.29, 0.717) is 37.7 Å². The van der Waals surface area contributed by atoms with Gasteiger partial charge in [-0.2, -0.15) is 4.31 Å². The molecule has 0 radical (unpaired) electrons. The van der Waals surface area contributed by atoms with Crippen molar-refractivity contribution in [1.29, 1.82) is 0 Å². The van der Waals surface area contributed by atoms with Gasteiger partial charge in [-0.1, -0.05) is 32.9 Å². The average molecular weight is 409 g/mol. The van der Waals surface area contributed by atoms with Crippen molar-refractivity contribution in [1.82, 2.24) is 9.21 Å². The third-order valence-electron chi connectivity index (χ3n) is 5.68. The summed E-state index contributed by atoms with van der Waals surface area (Å²) in [6.07, 6.45) is 1.32. The molecule has 1 aromatic rings. The Bertz CT molecular complexity index is 821. The molecule has 1 atom stereocenters. The highest BCUT2D eigenvalue weighted by atomic mass is 32.2. The van der Waals surface area contributed by atoms with Crippen molar-refractivity contribution in [3.8, 4) is 0 Å². The Hall–Kier alpha value is -1.44. The van der Waals surface area contributed by atoms with Gasteiger partial charge in [0.25, 0.3) is 5.91 Å². The van der Waals surface area contributed by atoms with Crippen molar-refractivity contribution in [2.75, 3.05) is 32.8 Å². The number of amides is 1. The molecule has 2 fully saturated rings. The number of hydrogen-bond donors (Lipinski definition) is 0. The third kappa shape index (κ3) is 4.11. The minimum Gasteiger partial charge on any atom is -0.368 e. The number of carbonyl (C=O) groups excluding carboxylic acids is 1. The van der Waals surface area contributed by atoms with Crippen LogP contribution in [0, 0.1) is 13.8 Å². The van der Waals surface area contributed by atoms with Crippen LogP contribution in [0.25, 0.3) is 0 Å². The highest BCUT2D eigenvalue weighted by molar-refractivity contribution is 7.89. The number of hydrogen-bond acceptors (Lipinski definition) is 4. The van der Waals surface area contributed by atoms with Crippen molar-refractivity contribution in [3.63, 3.8) is 0 Å². The average Bonchev–Trinajstić information content (AvgIpc) is 3.14. The molecule has 2 aliphatic heterocycles. The summed E-state index contributed by atoms with van der Waals surface area (Å²) in [6.45, 7) is 12.2. The van der Waals surface area contributed by atoms with Crippen LogP contribution in [-0.4, -0.2) is 62.4 Å². The first-order valence-electron chi connectivity index (χ1n) is 10.0. The Labute approximate surface area is 168 Å². The number of rotatable bonds is 3. The van der Waals surface area contributed by atoms with Crippen LogP contribution in [0.5, 0.6) is 0 Å². The maximum Gasteiger partial charge on any atom is 0.251 e. The van der Waals surface area contributed by atoms with E-state index in [2.05, 4.69) is 20.8 Å². The van der Waals surface area contributed by atoms with E-state index in [1.165, 1.54) is 4.31 Å². The summed E-state index contributed by atoms with van der Waals surface area (Å²) in [6, 6.07) is 3.97. The van der Waals surface area contributed by atoms with Crippen molar-refractivity contribution >= 4 is 15.9 Å². The molecule has 0 saturated carbocycles. The van der Waals surface area contributed by atoms with E-state index in [4.69, 9.17) is 4.74 Å². The van der Waals surface area contributed by atoms with E-state index >= 15 is 0 Å². The smallest absolute Gasteiger partial charge is 0.251 e. The molecule has 156 valence electrons. The van der Waals surface area contributed by atoms with Crippen molar-refractivity contribution in [2.45, 2.75) is 63.9 Å². The second-order valence-corrected chi connectivity index (χ2v) is 10.8. The predicted molar refractivity (Wildman–Crippen MR) is 109 cm³/mol. The Kier molecular flexibility index (Phi) is 5.90. The number of piperazine rings is 1. The topological polar surface area (TPSA) is 66.9 Å². The number of ether oxygens (including phenoxy) is 1. The quantitative estimate of drug-likeness (QED) is 0.771. The molecule has 1 aromatic carbocycles. The minimum absolute atomic E-state index is 0.00330. The Morgan fingerprint density at radius 3 is 2.11 bits per heavy atom. The van der Waals surface area contributed by atoms with Gasteiger partial charge >= 0.3 is 0 Å². The fourth-order valence-corrected chi connectivity index (χ4v) is 5.88. The summed E-state index contributed by atoms with van der Waals surface area (Å²) < 4.78 is 33.6. The molecule has 0 spiro atoms. The van der Waals surface area contributed by atoms with Crippen LogP contribution in [-0.2, 0) is 25.0 Å². The van der Waals surface area contributed by atoms with E-state index in [1.54, 1.807) is 4.90 Å². The van der Waals surface area contributed by atoms with Gasteiger partial charge in [0.05, 0.1) is 4.90 Å². The molecule has 6 nitrogen and oxygen atoms in total. The first-order chi connectivity index (χ1) is 13.0. The summed E-state index contributed by atoms with van der Waals surface area (Å²) in [5.74, 6) is -0.00330. The van der Waals surface area contributed by atoms with E-state index in [-0.39, 0.29) is 17.4 Å². The van der Waals surface area contributed by atoms with Crippen molar-refractivity contribution < 1.29 is 17.9 Å². The first kappa shape index (κ1) is 21.3. The van der Waals surface area contributed by atoms with Crippen LogP contribution in [0.4, 0.5) is 0 Å². The third-order valence-corrected chi connectivity index (χ3v) is 7.88. The molecule has 2 heterocycles. The maximum absolute atomic E-state index is 13.3. The summed E-state index contributed by atoms with van der Waals surface area (Å²) in [7, 11) is -3.59. The fourth-order valence-electron chi connectivity index (χ4n) is 4.04. The molecule has 2 saturated heterocycles. The molecule has 0 aliphatic carbocycles.